The number of aliphatic hydroxyl groups excluding tert-OH is 1. The fourth-order valence-corrected chi connectivity index (χ4v) is 2.87. The van der Waals surface area contributed by atoms with Crippen molar-refractivity contribution < 1.29 is 19.0 Å². The quantitative estimate of drug-likeness (QED) is 0.908. The molecule has 0 saturated carbocycles. The molecule has 2 rings (SSSR count). The Hall–Kier alpha value is -0.780. The third-order valence-corrected chi connectivity index (χ3v) is 3.95. The minimum Gasteiger partial charge on any atom is -0.494 e. The van der Waals surface area contributed by atoms with Gasteiger partial charge in [0.15, 0.2) is 11.6 Å². The van der Waals surface area contributed by atoms with Crippen molar-refractivity contribution in [2.75, 3.05) is 25.2 Å². The molecule has 18 heavy (non-hydrogen) atoms. The zero-order valence-electron chi connectivity index (χ0n) is 10.3. The van der Waals surface area contributed by atoms with E-state index < -0.39 is 11.9 Å². The topological polar surface area (TPSA) is 38.7 Å². The van der Waals surface area contributed by atoms with Gasteiger partial charge in [-0.05, 0) is 17.7 Å². The molecule has 1 aromatic rings. The van der Waals surface area contributed by atoms with Crippen LogP contribution >= 0.6 is 11.8 Å². The molecular weight excluding hydrogens is 255 g/mol. The second kappa shape index (κ2) is 6.41. The van der Waals surface area contributed by atoms with Crippen LogP contribution in [0.15, 0.2) is 18.2 Å². The van der Waals surface area contributed by atoms with Gasteiger partial charge in [0.1, 0.15) is 0 Å². The molecule has 1 aliphatic rings. The van der Waals surface area contributed by atoms with Crippen LogP contribution in [0.5, 0.6) is 5.75 Å². The first-order valence-corrected chi connectivity index (χ1v) is 7.06. The zero-order chi connectivity index (χ0) is 13.0. The van der Waals surface area contributed by atoms with Crippen LogP contribution < -0.4 is 4.74 Å². The Morgan fingerprint density at radius 2 is 2.44 bits per heavy atom. The van der Waals surface area contributed by atoms with E-state index in [2.05, 4.69) is 0 Å². The smallest absolute Gasteiger partial charge is 0.165 e. The van der Waals surface area contributed by atoms with Gasteiger partial charge in [0.05, 0.1) is 25.9 Å². The van der Waals surface area contributed by atoms with Gasteiger partial charge < -0.3 is 14.6 Å². The van der Waals surface area contributed by atoms with E-state index in [0.717, 1.165) is 17.1 Å². The summed E-state index contributed by atoms with van der Waals surface area (Å²) in [5.74, 6) is 1.58. The molecule has 1 saturated heterocycles. The van der Waals surface area contributed by atoms with Crippen LogP contribution in [-0.4, -0.2) is 42.5 Å². The minimum absolute atomic E-state index is 0.158. The first kappa shape index (κ1) is 13.6. The van der Waals surface area contributed by atoms with Crippen LogP contribution in [-0.2, 0) is 11.2 Å². The largest absolute Gasteiger partial charge is 0.494 e. The van der Waals surface area contributed by atoms with E-state index in [1.54, 1.807) is 23.9 Å². The summed E-state index contributed by atoms with van der Waals surface area (Å²) >= 11 is 1.77. The number of hydrogen-bond acceptors (Lipinski definition) is 4. The fraction of sp³-hybridized carbons (Fsp3) is 0.538. The average molecular weight is 272 g/mol. The predicted octanol–water partition coefficient (Wildman–Crippen LogP) is 1.87. The Labute approximate surface area is 110 Å². The summed E-state index contributed by atoms with van der Waals surface area (Å²) in [5, 5.41) is 10.1. The SMILES string of the molecule is COc1ccc(CC(O)C2CSCCO2)cc1F. The number of hydrogen-bond donors (Lipinski definition) is 1. The van der Waals surface area contributed by atoms with Crippen molar-refractivity contribution in [1.29, 1.82) is 0 Å². The normalized spacial score (nSPS) is 21.6. The molecule has 0 aliphatic carbocycles. The highest BCUT2D eigenvalue weighted by atomic mass is 32.2. The van der Waals surface area contributed by atoms with Crippen LogP contribution in [0.2, 0.25) is 0 Å². The maximum Gasteiger partial charge on any atom is 0.165 e. The Bertz CT molecular complexity index is 394. The summed E-state index contributed by atoms with van der Waals surface area (Å²) in [5.41, 5.74) is 0.750. The van der Waals surface area contributed by atoms with Crippen molar-refractivity contribution in [1.82, 2.24) is 0 Å². The van der Waals surface area contributed by atoms with E-state index in [-0.39, 0.29) is 11.9 Å². The average Bonchev–Trinajstić information content (AvgIpc) is 2.40. The lowest BCUT2D eigenvalue weighted by molar-refractivity contribution is -0.0208. The molecule has 2 unspecified atom stereocenters. The number of benzene rings is 1. The van der Waals surface area contributed by atoms with Crippen molar-refractivity contribution in [3.63, 3.8) is 0 Å². The van der Waals surface area contributed by atoms with E-state index in [1.165, 1.54) is 13.2 Å². The van der Waals surface area contributed by atoms with E-state index in [4.69, 9.17) is 9.47 Å². The number of ether oxygens (including phenoxy) is 2. The molecule has 0 spiro atoms. The first-order valence-electron chi connectivity index (χ1n) is 5.90. The number of halogens is 1. The van der Waals surface area contributed by atoms with Crippen molar-refractivity contribution in [3.05, 3.63) is 29.6 Å². The summed E-state index contributed by atoms with van der Waals surface area (Å²) in [6.07, 6.45) is -0.355. The van der Waals surface area contributed by atoms with E-state index in [0.29, 0.717) is 13.0 Å². The van der Waals surface area contributed by atoms with Crippen LogP contribution in [0, 0.1) is 5.82 Å². The van der Waals surface area contributed by atoms with E-state index >= 15 is 0 Å². The summed E-state index contributed by atoms with van der Waals surface area (Å²) in [6.45, 7) is 0.670. The first-order chi connectivity index (χ1) is 8.70. The van der Waals surface area contributed by atoms with Crippen LogP contribution in [0.25, 0.3) is 0 Å². The summed E-state index contributed by atoms with van der Waals surface area (Å²) in [4.78, 5) is 0. The van der Waals surface area contributed by atoms with Gasteiger partial charge in [0.25, 0.3) is 0 Å². The van der Waals surface area contributed by atoms with Crippen molar-refractivity contribution in [2.24, 2.45) is 0 Å². The number of aliphatic hydroxyl groups is 1. The molecule has 0 bridgehead atoms. The lowest BCUT2D eigenvalue weighted by Crippen LogP contribution is -2.36. The molecule has 3 nitrogen and oxygen atoms in total. The maximum absolute atomic E-state index is 13.5. The van der Waals surface area contributed by atoms with Crippen molar-refractivity contribution >= 4 is 11.8 Å². The minimum atomic E-state index is -0.592. The number of thioether (sulfide) groups is 1. The zero-order valence-corrected chi connectivity index (χ0v) is 11.1. The third-order valence-electron chi connectivity index (χ3n) is 2.93. The Balaban J connectivity index is 1.97. The van der Waals surface area contributed by atoms with Crippen LogP contribution in [0.3, 0.4) is 0 Å². The highest BCUT2D eigenvalue weighted by Gasteiger charge is 2.23. The third kappa shape index (κ3) is 3.37. The fourth-order valence-electron chi connectivity index (χ4n) is 1.94. The van der Waals surface area contributed by atoms with Crippen LogP contribution in [0.4, 0.5) is 4.39 Å². The molecule has 0 radical (unpaired) electrons. The molecule has 1 heterocycles. The standard InChI is InChI=1S/C13H17FO3S/c1-16-12-3-2-9(6-10(12)14)7-11(15)13-8-18-5-4-17-13/h2-3,6,11,13,15H,4-5,7-8H2,1H3. The Morgan fingerprint density at radius 1 is 1.61 bits per heavy atom. The summed E-state index contributed by atoms with van der Waals surface area (Å²) < 4.78 is 23.9. The molecule has 1 fully saturated rings. The second-order valence-corrected chi connectivity index (χ2v) is 5.37. The van der Waals surface area contributed by atoms with Gasteiger partial charge in [0, 0.05) is 17.9 Å². The molecule has 0 aromatic heterocycles. The Kier molecular flexibility index (Phi) is 4.86. The molecule has 1 aromatic carbocycles. The monoisotopic (exact) mass is 272 g/mol. The number of methoxy groups -OCH3 is 1. The lowest BCUT2D eigenvalue weighted by Gasteiger charge is -2.26. The van der Waals surface area contributed by atoms with Crippen molar-refractivity contribution in [3.8, 4) is 5.75 Å². The van der Waals surface area contributed by atoms with E-state index in [1.807, 2.05) is 0 Å². The van der Waals surface area contributed by atoms with Crippen molar-refractivity contribution in [2.45, 2.75) is 18.6 Å². The lowest BCUT2D eigenvalue weighted by atomic mass is 10.0. The molecule has 0 amide bonds. The van der Waals surface area contributed by atoms with Crippen LogP contribution in [0.1, 0.15) is 5.56 Å². The summed E-state index contributed by atoms with van der Waals surface area (Å²) in [6, 6.07) is 4.74. The predicted molar refractivity (Wildman–Crippen MR) is 69.7 cm³/mol. The van der Waals surface area contributed by atoms with Gasteiger partial charge in [0.2, 0.25) is 0 Å². The highest BCUT2D eigenvalue weighted by Crippen LogP contribution is 2.21. The molecule has 100 valence electrons. The Morgan fingerprint density at radius 3 is 3.06 bits per heavy atom. The van der Waals surface area contributed by atoms with Gasteiger partial charge in [-0.2, -0.15) is 11.8 Å². The van der Waals surface area contributed by atoms with Gasteiger partial charge in [-0.1, -0.05) is 6.07 Å². The molecule has 2 atom stereocenters. The molecular formula is C13H17FO3S. The summed E-state index contributed by atoms with van der Waals surface area (Å²) in [7, 11) is 1.43. The maximum atomic E-state index is 13.5. The second-order valence-electron chi connectivity index (χ2n) is 4.22. The van der Waals surface area contributed by atoms with Gasteiger partial charge >= 0.3 is 0 Å². The molecule has 5 heteroatoms. The highest BCUT2D eigenvalue weighted by molar-refractivity contribution is 7.99. The van der Waals surface area contributed by atoms with E-state index in [9.17, 15) is 9.50 Å². The van der Waals surface area contributed by atoms with Gasteiger partial charge in [-0.15, -0.1) is 0 Å². The molecule has 1 aliphatic heterocycles. The molecule has 1 N–H and O–H groups in total. The van der Waals surface area contributed by atoms with Gasteiger partial charge in [-0.25, -0.2) is 4.39 Å². The van der Waals surface area contributed by atoms with Gasteiger partial charge in [-0.3, -0.25) is 0 Å². The number of rotatable bonds is 4.